The van der Waals surface area contributed by atoms with Crippen molar-refractivity contribution in [3.05, 3.63) is 0 Å². The van der Waals surface area contributed by atoms with Crippen LogP contribution in [0.2, 0.25) is 11.1 Å². The van der Waals surface area contributed by atoms with Crippen LogP contribution in [-0.4, -0.2) is 41.7 Å². The van der Waals surface area contributed by atoms with Gasteiger partial charge in [-0.3, -0.25) is 0 Å². The molecule has 0 spiro atoms. The fourth-order valence-electron chi connectivity index (χ4n) is 0.248. The SMILES string of the molecule is C[Se]C[C@@H](N)C(=O)[Se]. The second kappa shape index (κ2) is 4.54. The van der Waals surface area contributed by atoms with Crippen LogP contribution in [0.25, 0.3) is 0 Å². The zero-order valence-electron chi connectivity index (χ0n) is 4.59. The van der Waals surface area contributed by atoms with E-state index in [9.17, 15) is 4.79 Å². The Bertz CT molecular complexity index is 86.1. The summed E-state index contributed by atoms with van der Waals surface area (Å²) in [7, 11) is 0. The Balaban J connectivity index is 3.32. The van der Waals surface area contributed by atoms with Gasteiger partial charge in [0.15, 0.2) is 0 Å². The summed E-state index contributed by atoms with van der Waals surface area (Å²) in [6.45, 7) is 0. The van der Waals surface area contributed by atoms with Gasteiger partial charge in [0, 0.05) is 0 Å². The first-order valence-corrected chi connectivity index (χ1v) is 5.92. The van der Waals surface area contributed by atoms with Crippen LogP contribution in [0, 0.1) is 0 Å². The van der Waals surface area contributed by atoms with Crippen molar-refractivity contribution in [1.29, 1.82) is 0 Å². The van der Waals surface area contributed by atoms with Crippen LogP contribution in [0.15, 0.2) is 0 Å². The topological polar surface area (TPSA) is 43.1 Å². The number of carbonyl (C=O) groups excluding carboxylic acids is 1. The minimum absolute atomic E-state index is 0.0197. The first-order chi connectivity index (χ1) is 3.68. The van der Waals surface area contributed by atoms with Gasteiger partial charge in [0.25, 0.3) is 0 Å². The van der Waals surface area contributed by atoms with Gasteiger partial charge in [-0.2, -0.15) is 0 Å². The molecule has 0 unspecified atom stereocenters. The van der Waals surface area contributed by atoms with E-state index in [2.05, 4.69) is 21.8 Å². The fourth-order valence-corrected chi connectivity index (χ4v) is 2.03. The molecule has 0 aliphatic rings. The van der Waals surface area contributed by atoms with Crippen molar-refractivity contribution in [2.24, 2.45) is 5.73 Å². The number of hydrogen-bond donors (Lipinski definition) is 1. The predicted molar refractivity (Wildman–Crippen MR) is 35.2 cm³/mol. The molecule has 8 heavy (non-hydrogen) atoms. The van der Waals surface area contributed by atoms with Gasteiger partial charge in [0.05, 0.1) is 0 Å². The molecule has 0 aromatic heterocycles. The van der Waals surface area contributed by atoms with Crippen molar-refractivity contribution in [3.8, 4) is 0 Å². The summed E-state index contributed by atoms with van der Waals surface area (Å²) < 4.78 is -0.0197. The predicted octanol–water partition coefficient (Wildman–Crippen LogP) is -0.821. The van der Waals surface area contributed by atoms with E-state index in [0.717, 1.165) is 5.32 Å². The zero-order valence-corrected chi connectivity index (χ0v) is 8.01. The van der Waals surface area contributed by atoms with E-state index in [1.807, 2.05) is 0 Å². The maximum atomic E-state index is 10.4. The van der Waals surface area contributed by atoms with Crippen LogP contribution < -0.4 is 5.73 Å². The Kier molecular flexibility index (Phi) is 4.92. The Morgan fingerprint density at radius 3 is 2.62 bits per heavy atom. The van der Waals surface area contributed by atoms with E-state index < -0.39 is 0 Å². The van der Waals surface area contributed by atoms with E-state index in [-0.39, 0.29) is 10.7 Å². The molecule has 0 aliphatic heterocycles. The van der Waals surface area contributed by atoms with Gasteiger partial charge in [-0.15, -0.1) is 0 Å². The van der Waals surface area contributed by atoms with Gasteiger partial charge in [0.2, 0.25) is 0 Å². The van der Waals surface area contributed by atoms with Crippen LogP contribution in [0.3, 0.4) is 0 Å². The average molecular weight is 244 g/mol. The van der Waals surface area contributed by atoms with E-state index in [4.69, 9.17) is 5.73 Å². The molecule has 2 nitrogen and oxygen atoms in total. The molecule has 0 fully saturated rings. The number of carbonyl (C=O) groups is 1. The molecular formula is C4H8NOSe2. The van der Waals surface area contributed by atoms with Crippen molar-refractivity contribution in [1.82, 2.24) is 0 Å². The molecule has 0 amide bonds. The van der Waals surface area contributed by atoms with Crippen LogP contribution in [-0.2, 0) is 4.79 Å². The standard InChI is InChI=1S/C4H8NOSe2/c1-8-2-3(5)4(6)7/h3H,2,5H2,1H3/t3-/m1/s1. The monoisotopic (exact) mass is 246 g/mol. The van der Waals surface area contributed by atoms with Crippen molar-refractivity contribution in [3.63, 3.8) is 0 Å². The quantitative estimate of drug-likeness (QED) is 0.659. The molecule has 0 heterocycles. The number of nitrogens with two attached hydrogens (primary N) is 1. The molecule has 0 aromatic rings. The third-order valence-electron chi connectivity index (χ3n) is 0.649. The second-order valence-electron chi connectivity index (χ2n) is 1.38. The molecule has 0 saturated heterocycles. The van der Waals surface area contributed by atoms with Gasteiger partial charge in [-0.05, 0) is 0 Å². The first kappa shape index (κ1) is 8.67. The van der Waals surface area contributed by atoms with Crippen LogP contribution >= 0.6 is 0 Å². The Morgan fingerprint density at radius 2 is 2.50 bits per heavy atom. The van der Waals surface area contributed by atoms with E-state index in [1.165, 1.54) is 0 Å². The van der Waals surface area contributed by atoms with Crippen molar-refractivity contribution in [2.45, 2.75) is 17.2 Å². The normalized spacial score (nSPS) is 13.2. The molecule has 1 atom stereocenters. The van der Waals surface area contributed by atoms with Gasteiger partial charge in [-0.1, -0.05) is 0 Å². The van der Waals surface area contributed by atoms with Crippen molar-refractivity contribution in [2.75, 3.05) is 0 Å². The molecule has 0 bridgehead atoms. The summed E-state index contributed by atoms with van der Waals surface area (Å²) in [5.74, 6) is 2.07. The fraction of sp³-hybridized carbons (Fsp3) is 0.750. The molecule has 47 valence electrons. The van der Waals surface area contributed by atoms with Gasteiger partial charge >= 0.3 is 63.4 Å². The van der Waals surface area contributed by atoms with Crippen molar-refractivity contribution < 1.29 is 4.79 Å². The second-order valence-corrected chi connectivity index (χ2v) is 4.14. The molecule has 0 saturated carbocycles. The molecule has 0 aromatic carbocycles. The molecular weight excluding hydrogens is 236 g/mol. The Hall–Kier alpha value is 0.669. The number of hydrogen-bond acceptors (Lipinski definition) is 2. The summed E-state index contributed by atoms with van der Waals surface area (Å²) >= 11 is 2.88. The maximum absolute atomic E-state index is 10.4. The molecule has 0 rings (SSSR count). The van der Waals surface area contributed by atoms with Crippen LogP contribution in [0.5, 0.6) is 0 Å². The molecule has 2 N–H and O–H groups in total. The average Bonchev–Trinajstić information content (AvgIpc) is 1.67. The molecule has 4 heteroatoms. The molecule has 0 aliphatic carbocycles. The summed E-state index contributed by atoms with van der Waals surface area (Å²) in [6, 6.07) is -0.250. The Morgan fingerprint density at radius 1 is 2.00 bits per heavy atom. The van der Waals surface area contributed by atoms with Gasteiger partial charge < -0.3 is 0 Å². The van der Waals surface area contributed by atoms with Crippen LogP contribution in [0.1, 0.15) is 0 Å². The van der Waals surface area contributed by atoms with E-state index in [1.54, 1.807) is 0 Å². The van der Waals surface area contributed by atoms with Crippen LogP contribution in [0.4, 0.5) is 0 Å². The third kappa shape index (κ3) is 3.64. The third-order valence-corrected chi connectivity index (χ3v) is 2.74. The van der Waals surface area contributed by atoms with Crippen molar-refractivity contribution >= 4 is 35.7 Å². The summed E-state index contributed by atoms with van der Waals surface area (Å²) in [5, 5.41) is 0.846. The van der Waals surface area contributed by atoms with E-state index in [0.29, 0.717) is 15.0 Å². The molecule has 1 radical (unpaired) electrons. The summed E-state index contributed by atoms with van der Waals surface area (Å²) in [4.78, 5) is 10.4. The zero-order chi connectivity index (χ0) is 6.57. The van der Waals surface area contributed by atoms with E-state index >= 15 is 0 Å². The minimum atomic E-state index is -0.250. The van der Waals surface area contributed by atoms with Gasteiger partial charge in [0.1, 0.15) is 0 Å². The number of rotatable bonds is 3. The summed E-state index contributed by atoms with van der Waals surface area (Å²) in [6.07, 6.45) is 0. The summed E-state index contributed by atoms with van der Waals surface area (Å²) in [5.41, 5.74) is 5.36. The first-order valence-electron chi connectivity index (χ1n) is 2.14. The van der Waals surface area contributed by atoms with Gasteiger partial charge in [-0.25, -0.2) is 0 Å². The Labute approximate surface area is 63.6 Å².